The highest BCUT2D eigenvalue weighted by atomic mass is 35.5. The molecule has 2 aliphatic rings. The van der Waals surface area contributed by atoms with Crippen LogP contribution in [0.4, 0.5) is 0 Å². The summed E-state index contributed by atoms with van der Waals surface area (Å²) in [4.78, 5) is 18.3. The number of carbonyl (C=O) groups is 1. The van der Waals surface area contributed by atoms with E-state index in [-0.39, 0.29) is 11.9 Å². The highest BCUT2D eigenvalue weighted by Crippen LogP contribution is 2.38. The maximum absolute atomic E-state index is 13.7. The molecule has 0 radical (unpaired) electrons. The molecule has 1 atom stereocenters. The highest BCUT2D eigenvalue weighted by Gasteiger charge is 2.36. The number of benzene rings is 3. The zero-order chi connectivity index (χ0) is 26.5. The van der Waals surface area contributed by atoms with E-state index >= 15 is 0 Å². The van der Waals surface area contributed by atoms with Crippen molar-refractivity contribution in [3.05, 3.63) is 94.5 Å². The molecule has 8 heteroatoms. The molecule has 1 saturated heterocycles. The number of carbonyl (C=O) groups excluding carboxylic acids is 1. The van der Waals surface area contributed by atoms with Crippen molar-refractivity contribution >= 4 is 23.2 Å². The van der Waals surface area contributed by atoms with Crippen LogP contribution in [0.5, 0.6) is 11.5 Å². The van der Waals surface area contributed by atoms with Gasteiger partial charge in [0.1, 0.15) is 11.5 Å². The Bertz CT molecular complexity index is 1290. The van der Waals surface area contributed by atoms with Gasteiger partial charge in [-0.05, 0) is 29.3 Å². The smallest absolute Gasteiger partial charge is 0.257 e. The van der Waals surface area contributed by atoms with Gasteiger partial charge in [-0.25, -0.2) is 5.01 Å². The number of hydrogen-bond acceptors (Lipinski definition) is 6. The van der Waals surface area contributed by atoms with Gasteiger partial charge in [0.15, 0.2) is 0 Å². The Labute approximate surface area is 229 Å². The second-order valence-corrected chi connectivity index (χ2v) is 10.0. The summed E-state index contributed by atoms with van der Waals surface area (Å²) >= 11 is 6.59. The Morgan fingerprint density at radius 3 is 2.34 bits per heavy atom. The zero-order valence-corrected chi connectivity index (χ0v) is 22.6. The van der Waals surface area contributed by atoms with Crippen molar-refractivity contribution in [2.24, 2.45) is 5.10 Å². The Balaban J connectivity index is 1.32. The molecule has 38 heavy (non-hydrogen) atoms. The zero-order valence-electron chi connectivity index (χ0n) is 21.8. The lowest BCUT2D eigenvalue weighted by Gasteiger charge is -2.35. The quantitative estimate of drug-likeness (QED) is 0.415. The van der Waals surface area contributed by atoms with Crippen molar-refractivity contribution in [3.8, 4) is 11.5 Å². The van der Waals surface area contributed by atoms with E-state index in [9.17, 15) is 4.79 Å². The summed E-state index contributed by atoms with van der Waals surface area (Å²) in [5.41, 5.74) is 3.83. The Morgan fingerprint density at radius 2 is 1.63 bits per heavy atom. The normalized spacial score (nSPS) is 18.3. The molecular formula is C30H33ClN4O3. The monoisotopic (exact) mass is 532 g/mol. The van der Waals surface area contributed by atoms with Crippen LogP contribution < -0.4 is 9.47 Å². The molecule has 7 nitrogen and oxygen atoms in total. The topological polar surface area (TPSA) is 57.6 Å². The van der Waals surface area contributed by atoms with E-state index in [2.05, 4.69) is 34.1 Å². The molecule has 0 saturated carbocycles. The second kappa shape index (κ2) is 12.0. The molecule has 0 spiro atoms. The fraction of sp³-hybridized carbons (Fsp3) is 0.333. The predicted molar refractivity (Wildman–Crippen MR) is 150 cm³/mol. The van der Waals surface area contributed by atoms with Crippen LogP contribution in [0, 0.1) is 0 Å². The van der Waals surface area contributed by atoms with Gasteiger partial charge in [-0.15, -0.1) is 0 Å². The lowest BCUT2D eigenvalue weighted by Crippen LogP contribution is -2.49. The van der Waals surface area contributed by atoms with Crippen molar-refractivity contribution in [2.45, 2.75) is 19.0 Å². The Hall–Kier alpha value is -3.39. The van der Waals surface area contributed by atoms with E-state index in [1.807, 2.05) is 48.5 Å². The van der Waals surface area contributed by atoms with E-state index in [0.717, 1.165) is 49.6 Å². The lowest BCUT2D eigenvalue weighted by molar-refractivity contribution is -0.134. The standard InChI is InChI=1S/C30H33ClN4O3/c1-37-23-12-13-25(29(18-23)38-2)27-19-28(24-10-6-7-11-26(24)31)35(32-27)30(36)21-34-16-14-33(15-17-34)20-22-8-4-3-5-9-22/h3-13,18,28H,14-17,19-21H2,1-2H3/t28-/m1/s1. The molecule has 0 unspecified atom stereocenters. The van der Waals surface area contributed by atoms with Crippen LogP contribution in [0.2, 0.25) is 5.02 Å². The van der Waals surface area contributed by atoms with E-state index < -0.39 is 0 Å². The third-order valence-corrected chi connectivity index (χ3v) is 7.57. The van der Waals surface area contributed by atoms with Gasteiger partial charge in [0.05, 0.1) is 32.5 Å². The maximum atomic E-state index is 13.7. The second-order valence-electron chi connectivity index (χ2n) is 9.63. The van der Waals surface area contributed by atoms with Crippen molar-refractivity contribution in [1.29, 1.82) is 0 Å². The Kier molecular flexibility index (Phi) is 8.27. The third-order valence-electron chi connectivity index (χ3n) is 7.22. The van der Waals surface area contributed by atoms with Crippen LogP contribution in [0.25, 0.3) is 0 Å². The summed E-state index contributed by atoms with van der Waals surface area (Å²) in [6, 6.07) is 23.5. The fourth-order valence-electron chi connectivity index (χ4n) is 5.14. The van der Waals surface area contributed by atoms with Gasteiger partial charge in [0.2, 0.25) is 0 Å². The van der Waals surface area contributed by atoms with Crippen LogP contribution in [-0.4, -0.2) is 73.4 Å². The first-order chi connectivity index (χ1) is 18.6. The van der Waals surface area contributed by atoms with Gasteiger partial charge < -0.3 is 9.47 Å². The first kappa shape index (κ1) is 26.2. The average Bonchev–Trinajstić information content (AvgIpc) is 3.40. The SMILES string of the molecule is COc1ccc(C2=NN(C(=O)CN3CCN(Cc4ccccc4)CC3)[C@@H](c3ccccc3Cl)C2)c(OC)c1. The summed E-state index contributed by atoms with van der Waals surface area (Å²) < 4.78 is 11.0. The molecule has 0 N–H and O–H groups in total. The number of piperazine rings is 1. The van der Waals surface area contributed by atoms with Crippen molar-refractivity contribution < 1.29 is 14.3 Å². The van der Waals surface area contributed by atoms with Gasteiger partial charge in [0.25, 0.3) is 5.91 Å². The summed E-state index contributed by atoms with van der Waals surface area (Å²) in [5, 5.41) is 7.09. The molecule has 3 aromatic rings. The number of ether oxygens (including phenoxy) is 2. The van der Waals surface area contributed by atoms with Gasteiger partial charge in [-0.1, -0.05) is 60.1 Å². The highest BCUT2D eigenvalue weighted by molar-refractivity contribution is 6.31. The first-order valence-corrected chi connectivity index (χ1v) is 13.3. The molecule has 0 aliphatic carbocycles. The molecule has 0 aromatic heterocycles. The van der Waals surface area contributed by atoms with Crippen LogP contribution in [0.3, 0.4) is 0 Å². The van der Waals surface area contributed by atoms with E-state index in [1.54, 1.807) is 19.2 Å². The van der Waals surface area contributed by atoms with Gasteiger partial charge in [-0.2, -0.15) is 5.10 Å². The molecule has 1 fully saturated rings. The molecule has 3 aromatic carbocycles. The molecule has 0 bridgehead atoms. The molecule has 1 amide bonds. The van der Waals surface area contributed by atoms with E-state index in [0.29, 0.717) is 29.5 Å². The van der Waals surface area contributed by atoms with Crippen molar-refractivity contribution in [3.63, 3.8) is 0 Å². The van der Waals surface area contributed by atoms with Crippen LogP contribution in [0.15, 0.2) is 77.9 Å². The number of amides is 1. The largest absolute Gasteiger partial charge is 0.497 e. The van der Waals surface area contributed by atoms with Crippen LogP contribution >= 0.6 is 11.6 Å². The van der Waals surface area contributed by atoms with Crippen LogP contribution in [0.1, 0.15) is 29.2 Å². The van der Waals surface area contributed by atoms with Crippen molar-refractivity contribution in [2.75, 3.05) is 46.9 Å². The fourth-order valence-corrected chi connectivity index (χ4v) is 5.40. The van der Waals surface area contributed by atoms with Crippen LogP contribution in [-0.2, 0) is 11.3 Å². The first-order valence-electron chi connectivity index (χ1n) is 12.9. The van der Waals surface area contributed by atoms with E-state index in [4.69, 9.17) is 26.2 Å². The number of methoxy groups -OCH3 is 2. The number of hydrogen-bond donors (Lipinski definition) is 0. The van der Waals surface area contributed by atoms with Gasteiger partial charge in [0, 0.05) is 55.8 Å². The summed E-state index contributed by atoms with van der Waals surface area (Å²) in [7, 11) is 3.25. The Morgan fingerprint density at radius 1 is 0.921 bits per heavy atom. The minimum absolute atomic E-state index is 0.0334. The molecule has 2 heterocycles. The van der Waals surface area contributed by atoms with Gasteiger partial charge >= 0.3 is 0 Å². The molecule has 198 valence electrons. The average molecular weight is 533 g/mol. The van der Waals surface area contributed by atoms with Gasteiger partial charge in [-0.3, -0.25) is 14.6 Å². The number of nitrogens with zero attached hydrogens (tertiary/aromatic N) is 4. The number of hydrazone groups is 1. The molecular weight excluding hydrogens is 500 g/mol. The van der Waals surface area contributed by atoms with E-state index in [1.165, 1.54) is 5.56 Å². The molecule has 2 aliphatic heterocycles. The number of halogens is 1. The minimum Gasteiger partial charge on any atom is -0.497 e. The predicted octanol–water partition coefficient (Wildman–Crippen LogP) is 4.85. The summed E-state index contributed by atoms with van der Waals surface area (Å²) in [6.45, 7) is 4.77. The minimum atomic E-state index is -0.280. The van der Waals surface area contributed by atoms with Crippen molar-refractivity contribution in [1.82, 2.24) is 14.8 Å². The lowest BCUT2D eigenvalue weighted by atomic mass is 9.97. The molecule has 5 rings (SSSR count). The third kappa shape index (κ3) is 5.85. The summed E-state index contributed by atoms with van der Waals surface area (Å²) in [5.74, 6) is 1.32. The maximum Gasteiger partial charge on any atom is 0.257 e. The summed E-state index contributed by atoms with van der Waals surface area (Å²) in [6.07, 6.45) is 0.545. The number of rotatable bonds is 8.